The van der Waals surface area contributed by atoms with Crippen LogP contribution in [-0.4, -0.2) is 39.4 Å². The summed E-state index contributed by atoms with van der Waals surface area (Å²) < 4.78 is 13.3. The van der Waals surface area contributed by atoms with Gasteiger partial charge in [0.05, 0.1) is 11.0 Å². The lowest BCUT2D eigenvalue weighted by molar-refractivity contribution is 0.0207. The van der Waals surface area contributed by atoms with Crippen molar-refractivity contribution in [3.05, 3.63) is 78.1 Å². The van der Waals surface area contributed by atoms with Crippen molar-refractivity contribution in [1.29, 1.82) is 0 Å². The molecule has 3 aromatic carbocycles. The van der Waals surface area contributed by atoms with E-state index in [0.717, 1.165) is 97.0 Å². The highest BCUT2D eigenvalue weighted by Crippen LogP contribution is 2.33. The quantitative estimate of drug-likeness (QED) is 0.133. The van der Waals surface area contributed by atoms with Crippen LogP contribution in [0.5, 0.6) is 5.75 Å². The molecule has 0 atom stereocenters. The fourth-order valence-corrected chi connectivity index (χ4v) is 7.46. The van der Waals surface area contributed by atoms with Gasteiger partial charge in [-0.1, -0.05) is 94.3 Å². The number of hydrogen-bond acceptors (Lipinski definition) is 5. The highest BCUT2D eigenvalue weighted by Gasteiger charge is 2.29. The van der Waals surface area contributed by atoms with Crippen molar-refractivity contribution < 1.29 is 19.1 Å². The first kappa shape index (κ1) is 35.5. The molecule has 0 bridgehead atoms. The number of carbonyl (C=O) groups is 2. The highest BCUT2D eigenvalue weighted by atomic mass is 16.7. The number of aromatic nitrogens is 2. The maximum atomic E-state index is 14.0. The van der Waals surface area contributed by atoms with Crippen LogP contribution in [0.3, 0.4) is 0 Å². The van der Waals surface area contributed by atoms with Crippen LogP contribution in [0.1, 0.15) is 116 Å². The summed E-state index contributed by atoms with van der Waals surface area (Å²) in [4.78, 5) is 33.7. The normalized spacial score (nSPS) is 15.9. The number of unbranched alkanes of at least 4 members (excludes halogenated alkanes) is 1. The number of amides is 2. The Labute approximate surface area is 297 Å². The van der Waals surface area contributed by atoms with Gasteiger partial charge in [-0.25, -0.2) is 14.6 Å². The van der Waals surface area contributed by atoms with Gasteiger partial charge in [0.25, 0.3) is 0 Å². The summed E-state index contributed by atoms with van der Waals surface area (Å²) in [6, 6.07) is 22.8. The average molecular weight is 679 g/mol. The molecule has 0 radical (unpaired) electrons. The van der Waals surface area contributed by atoms with E-state index in [0.29, 0.717) is 12.3 Å². The zero-order valence-electron chi connectivity index (χ0n) is 30.4. The summed E-state index contributed by atoms with van der Waals surface area (Å²) in [6.45, 7) is 8.32. The Hall–Kier alpha value is -4.33. The van der Waals surface area contributed by atoms with Crippen LogP contribution in [-0.2, 0) is 17.7 Å². The smallest absolute Gasteiger partial charge is 0.428 e. The maximum Gasteiger partial charge on any atom is 0.514 e. The summed E-state index contributed by atoms with van der Waals surface area (Å²) in [5, 5.41) is 3.42. The monoisotopic (exact) mass is 678 g/mol. The van der Waals surface area contributed by atoms with Crippen molar-refractivity contribution in [3.63, 3.8) is 0 Å². The molecule has 0 spiro atoms. The topological polar surface area (TPSA) is 85.7 Å². The van der Waals surface area contributed by atoms with E-state index in [4.69, 9.17) is 14.5 Å². The van der Waals surface area contributed by atoms with E-state index in [9.17, 15) is 9.59 Å². The van der Waals surface area contributed by atoms with Crippen LogP contribution < -0.4 is 15.0 Å². The van der Waals surface area contributed by atoms with Crippen LogP contribution in [0, 0.1) is 0 Å². The molecule has 266 valence electrons. The van der Waals surface area contributed by atoms with Gasteiger partial charge in [0.2, 0.25) is 0 Å². The minimum atomic E-state index is -0.721. The zero-order chi connectivity index (χ0) is 35.1. The first-order chi connectivity index (χ1) is 24.2. The minimum Gasteiger partial charge on any atom is -0.428 e. The Balaban J connectivity index is 1.29. The number of urea groups is 1. The lowest BCUT2D eigenvalue weighted by Gasteiger charge is -2.36. The third-order valence-corrected chi connectivity index (χ3v) is 10.0. The molecule has 4 aromatic rings. The van der Waals surface area contributed by atoms with Crippen molar-refractivity contribution >= 4 is 28.9 Å². The predicted octanol–water partition coefficient (Wildman–Crippen LogP) is 10.6. The number of ether oxygens (including phenoxy) is 2. The second-order valence-electron chi connectivity index (χ2n) is 15.1. The number of benzene rings is 3. The van der Waals surface area contributed by atoms with Crippen LogP contribution in [0.15, 0.2) is 66.7 Å². The Kier molecular flexibility index (Phi) is 11.5. The van der Waals surface area contributed by atoms with E-state index in [1.54, 1.807) is 6.07 Å². The van der Waals surface area contributed by atoms with Crippen molar-refractivity contribution in [2.45, 2.75) is 135 Å². The van der Waals surface area contributed by atoms with E-state index in [1.165, 1.54) is 25.7 Å². The predicted molar refractivity (Wildman–Crippen MR) is 201 cm³/mol. The number of para-hydroxylation sites is 1. The molecule has 0 aliphatic heterocycles. The number of nitrogens with one attached hydrogen (secondary N) is 1. The molecule has 1 aromatic heterocycles. The molecule has 2 aliphatic rings. The number of fused-ring (bicyclic) bond motifs is 1. The number of nitrogens with zero attached hydrogens (tertiary/aromatic N) is 3. The molecule has 2 aliphatic carbocycles. The van der Waals surface area contributed by atoms with Crippen molar-refractivity contribution in [2.75, 3.05) is 4.90 Å². The number of rotatable bonds is 10. The summed E-state index contributed by atoms with van der Waals surface area (Å²) in [7, 11) is 0. The van der Waals surface area contributed by atoms with E-state index < -0.39 is 11.8 Å². The number of aryl methyl sites for hydroxylation is 1. The summed E-state index contributed by atoms with van der Waals surface area (Å²) in [6.07, 6.45) is 13.7. The van der Waals surface area contributed by atoms with Gasteiger partial charge in [-0.15, -0.1) is 0 Å². The largest absolute Gasteiger partial charge is 0.514 e. The Morgan fingerprint density at radius 2 is 1.60 bits per heavy atom. The van der Waals surface area contributed by atoms with Crippen LogP contribution in [0.25, 0.3) is 22.2 Å². The molecule has 1 N–H and O–H groups in total. The van der Waals surface area contributed by atoms with Gasteiger partial charge in [-0.05, 0) is 88.3 Å². The van der Waals surface area contributed by atoms with Crippen molar-refractivity contribution in [3.8, 4) is 16.9 Å². The van der Waals surface area contributed by atoms with Gasteiger partial charge in [0, 0.05) is 36.3 Å². The maximum absolute atomic E-state index is 14.0. The highest BCUT2D eigenvalue weighted by molar-refractivity contribution is 5.95. The Morgan fingerprint density at radius 1 is 0.900 bits per heavy atom. The fourth-order valence-electron chi connectivity index (χ4n) is 7.46. The first-order valence-corrected chi connectivity index (χ1v) is 18.9. The number of hydrogen-bond donors (Lipinski definition) is 1. The van der Waals surface area contributed by atoms with Crippen LogP contribution >= 0.6 is 0 Å². The van der Waals surface area contributed by atoms with Crippen molar-refractivity contribution in [2.24, 2.45) is 0 Å². The second-order valence-corrected chi connectivity index (χ2v) is 15.1. The number of imidazole rings is 1. The molecule has 2 fully saturated rings. The molecule has 0 saturated heterocycles. The summed E-state index contributed by atoms with van der Waals surface area (Å²) in [5.74, 6) is 1.52. The molecule has 50 heavy (non-hydrogen) atoms. The molecule has 8 heteroatoms. The molecule has 2 amide bonds. The second kappa shape index (κ2) is 16.1. The Bertz CT molecular complexity index is 1740. The summed E-state index contributed by atoms with van der Waals surface area (Å²) in [5.41, 5.74) is 5.24. The average Bonchev–Trinajstić information content (AvgIpc) is 3.44. The van der Waals surface area contributed by atoms with Gasteiger partial charge in [-0.2, -0.15) is 0 Å². The third-order valence-electron chi connectivity index (χ3n) is 10.0. The van der Waals surface area contributed by atoms with Crippen LogP contribution in [0.4, 0.5) is 15.3 Å². The number of carbonyl (C=O) groups excluding carboxylic acids is 2. The molecular weight excluding hydrogens is 624 g/mol. The van der Waals surface area contributed by atoms with Gasteiger partial charge >= 0.3 is 12.2 Å². The molecular formula is C42H54N4O4. The van der Waals surface area contributed by atoms with E-state index >= 15 is 0 Å². The summed E-state index contributed by atoms with van der Waals surface area (Å²) >= 11 is 0. The minimum absolute atomic E-state index is 0.0481. The SMILES string of the molecule is CCCCc1nc2ccc(N(C(=O)NC3CCCCC3)C3CCCCC3)cc2n1Cc1ccc(-c2ccccc2OC(=O)OC(C)(C)C)cc1. The van der Waals surface area contributed by atoms with E-state index in [-0.39, 0.29) is 18.1 Å². The first-order valence-electron chi connectivity index (χ1n) is 18.9. The van der Waals surface area contributed by atoms with E-state index in [2.05, 4.69) is 64.2 Å². The molecule has 2 saturated carbocycles. The van der Waals surface area contributed by atoms with Crippen molar-refractivity contribution in [1.82, 2.24) is 14.9 Å². The lowest BCUT2D eigenvalue weighted by atomic mass is 9.93. The van der Waals surface area contributed by atoms with Gasteiger partial charge in [0.1, 0.15) is 17.2 Å². The van der Waals surface area contributed by atoms with Crippen LogP contribution in [0.2, 0.25) is 0 Å². The fraction of sp³-hybridized carbons (Fsp3) is 0.500. The molecule has 6 rings (SSSR count). The lowest BCUT2D eigenvalue weighted by Crippen LogP contribution is -2.50. The Morgan fingerprint density at radius 3 is 2.30 bits per heavy atom. The van der Waals surface area contributed by atoms with E-state index in [1.807, 2.05) is 39.0 Å². The molecule has 8 nitrogen and oxygen atoms in total. The third kappa shape index (κ3) is 8.87. The zero-order valence-corrected chi connectivity index (χ0v) is 30.4. The van der Waals surface area contributed by atoms with Gasteiger partial charge in [-0.3, -0.25) is 4.90 Å². The van der Waals surface area contributed by atoms with Gasteiger partial charge in [0.15, 0.2) is 0 Å². The van der Waals surface area contributed by atoms with Gasteiger partial charge < -0.3 is 19.4 Å². The molecule has 1 heterocycles. The standard InChI is InChI=1S/C42H54N4O4/c1-5-6-21-39-44-36-27-26-34(46(33-17-11-8-12-18-33)40(47)43-32-15-9-7-10-16-32)28-37(36)45(39)29-30-22-24-31(25-23-30)35-19-13-14-20-38(35)49-41(48)50-42(2,3)4/h13-14,19-20,22-28,32-33H,5-12,15-18,21,29H2,1-4H3,(H,43,47). The molecule has 0 unspecified atom stereocenters. The number of anilines is 1.